The maximum atomic E-state index is 11.8. The van der Waals surface area contributed by atoms with Crippen LogP contribution in [0, 0.1) is 0 Å². The normalized spacial score (nSPS) is 11.4. The van der Waals surface area contributed by atoms with Crippen molar-refractivity contribution in [2.45, 2.75) is 13.8 Å². The molecule has 0 saturated carbocycles. The molecule has 0 saturated heterocycles. The summed E-state index contributed by atoms with van der Waals surface area (Å²) < 4.78 is 26.8. The summed E-state index contributed by atoms with van der Waals surface area (Å²) in [5.74, 6) is 2.20. The number of carbonyl (C=O) groups is 1. The molecule has 194 valence electrons. The van der Waals surface area contributed by atoms with Gasteiger partial charge in [0.25, 0.3) is 0 Å². The molecule has 3 rings (SSSR count). The van der Waals surface area contributed by atoms with Gasteiger partial charge in [-0.2, -0.15) is 5.10 Å². The quantitative estimate of drug-likeness (QED) is 0.248. The number of methoxy groups -OCH3 is 3. The first-order chi connectivity index (χ1) is 18.0. The van der Waals surface area contributed by atoms with Crippen LogP contribution in [0.4, 0.5) is 0 Å². The highest BCUT2D eigenvalue weighted by Gasteiger charge is 2.09. The van der Waals surface area contributed by atoms with Crippen molar-refractivity contribution in [2.24, 2.45) is 0 Å². The van der Waals surface area contributed by atoms with E-state index in [9.17, 15) is 4.79 Å². The molecule has 2 aromatic carbocycles. The number of hydrogen-bond acceptors (Lipinski definition) is 7. The highest BCUT2D eigenvalue weighted by Crippen LogP contribution is 2.30. The molecule has 0 unspecified atom stereocenters. The van der Waals surface area contributed by atoms with Crippen LogP contribution in [0.25, 0.3) is 30.4 Å². The number of H-pyrrole nitrogens is 1. The molecule has 0 atom stereocenters. The van der Waals surface area contributed by atoms with Gasteiger partial charge in [0.2, 0.25) is 0 Å². The van der Waals surface area contributed by atoms with Gasteiger partial charge < -0.3 is 23.7 Å². The summed E-state index contributed by atoms with van der Waals surface area (Å²) in [7, 11) is 4.55. The van der Waals surface area contributed by atoms with E-state index in [0.717, 1.165) is 22.4 Å². The van der Waals surface area contributed by atoms with Crippen LogP contribution in [0.15, 0.2) is 42.5 Å². The third-order valence-corrected chi connectivity index (χ3v) is 5.30. The number of nitrogens with zero attached hydrogens (tertiary/aromatic N) is 1. The standard InChI is InChI=1S/C29H32N2O6/c1-6-36-25-15-10-20(18-27(25)33-3)8-13-23-22(12-17-29(32)35-5)24(31-30-23)14-9-21-11-16-26(37-7-2)28(19-21)34-4/h8-19H,6-7H2,1-5H3,(H,30,31)/b13-8+,14-9+,17-12+. The third kappa shape index (κ3) is 7.27. The topological polar surface area (TPSA) is 91.9 Å². The van der Waals surface area contributed by atoms with Gasteiger partial charge in [-0.25, -0.2) is 4.79 Å². The van der Waals surface area contributed by atoms with Crippen molar-refractivity contribution in [3.8, 4) is 23.0 Å². The van der Waals surface area contributed by atoms with E-state index >= 15 is 0 Å². The fourth-order valence-corrected chi connectivity index (χ4v) is 3.51. The van der Waals surface area contributed by atoms with Crippen LogP contribution in [-0.2, 0) is 9.53 Å². The Morgan fingerprint density at radius 3 is 1.86 bits per heavy atom. The van der Waals surface area contributed by atoms with Gasteiger partial charge in [-0.05, 0) is 67.5 Å². The molecule has 8 nitrogen and oxygen atoms in total. The molecule has 0 aliphatic rings. The van der Waals surface area contributed by atoms with Crippen molar-refractivity contribution >= 4 is 36.3 Å². The summed E-state index contributed by atoms with van der Waals surface area (Å²) in [6.07, 6.45) is 10.6. The molecule has 0 aliphatic carbocycles. The van der Waals surface area contributed by atoms with E-state index in [1.807, 2.05) is 74.5 Å². The minimum Gasteiger partial charge on any atom is -0.493 e. The lowest BCUT2D eigenvalue weighted by molar-refractivity contribution is -0.134. The third-order valence-electron chi connectivity index (χ3n) is 5.30. The van der Waals surface area contributed by atoms with Crippen molar-refractivity contribution in [3.63, 3.8) is 0 Å². The van der Waals surface area contributed by atoms with Gasteiger partial charge in [0.15, 0.2) is 23.0 Å². The van der Waals surface area contributed by atoms with Crippen molar-refractivity contribution in [2.75, 3.05) is 34.5 Å². The zero-order valence-corrected chi connectivity index (χ0v) is 21.7. The number of aromatic nitrogens is 2. The van der Waals surface area contributed by atoms with Gasteiger partial charge in [0, 0.05) is 11.6 Å². The Morgan fingerprint density at radius 2 is 1.35 bits per heavy atom. The molecule has 8 heteroatoms. The Labute approximate surface area is 217 Å². The number of aromatic amines is 1. The molecule has 0 amide bonds. The molecule has 0 bridgehead atoms. The monoisotopic (exact) mass is 504 g/mol. The summed E-state index contributed by atoms with van der Waals surface area (Å²) in [4.78, 5) is 11.8. The highest BCUT2D eigenvalue weighted by molar-refractivity contribution is 5.90. The molecular weight excluding hydrogens is 472 g/mol. The number of benzene rings is 2. The van der Waals surface area contributed by atoms with Gasteiger partial charge in [0.1, 0.15) is 0 Å². The number of esters is 1. The van der Waals surface area contributed by atoms with Crippen LogP contribution in [0.5, 0.6) is 23.0 Å². The minimum atomic E-state index is -0.460. The van der Waals surface area contributed by atoms with Crippen LogP contribution in [0.1, 0.15) is 41.9 Å². The second-order valence-electron chi connectivity index (χ2n) is 7.65. The van der Waals surface area contributed by atoms with Crippen LogP contribution in [-0.4, -0.2) is 50.7 Å². The van der Waals surface area contributed by atoms with E-state index in [-0.39, 0.29) is 0 Å². The Balaban J connectivity index is 1.92. The molecule has 1 N–H and O–H groups in total. The number of rotatable bonds is 12. The van der Waals surface area contributed by atoms with Crippen molar-refractivity contribution < 1.29 is 28.5 Å². The Bertz CT molecular complexity index is 1200. The fourth-order valence-electron chi connectivity index (χ4n) is 3.51. The number of nitrogens with one attached hydrogen (secondary N) is 1. The van der Waals surface area contributed by atoms with E-state index in [2.05, 4.69) is 10.2 Å². The first kappa shape index (κ1) is 27.1. The van der Waals surface area contributed by atoms with Crippen molar-refractivity contribution in [3.05, 3.63) is 70.6 Å². The van der Waals surface area contributed by atoms with E-state index in [4.69, 9.17) is 23.7 Å². The van der Waals surface area contributed by atoms with Gasteiger partial charge in [-0.15, -0.1) is 0 Å². The maximum Gasteiger partial charge on any atom is 0.330 e. The summed E-state index contributed by atoms with van der Waals surface area (Å²) in [5.41, 5.74) is 3.92. The Hall–Kier alpha value is -4.46. The molecule has 3 aromatic rings. The average Bonchev–Trinajstić information content (AvgIpc) is 3.32. The predicted octanol–water partition coefficient (Wildman–Crippen LogP) is 5.75. The molecule has 0 radical (unpaired) electrons. The zero-order chi connectivity index (χ0) is 26.6. The fraction of sp³-hybridized carbons (Fsp3) is 0.241. The molecule has 0 spiro atoms. The zero-order valence-electron chi connectivity index (χ0n) is 21.7. The smallest absolute Gasteiger partial charge is 0.330 e. The minimum absolute atomic E-state index is 0.460. The lowest BCUT2D eigenvalue weighted by Gasteiger charge is -2.09. The highest BCUT2D eigenvalue weighted by atomic mass is 16.5. The largest absolute Gasteiger partial charge is 0.493 e. The first-order valence-electron chi connectivity index (χ1n) is 11.8. The molecule has 0 fully saturated rings. The Morgan fingerprint density at radius 1 is 0.784 bits per heavy atom. The number of carbonyl (C=O) groups excluding carboxylic acids is 1. The van der Waals surface area contributed by atoms with Crippen LogP contribution in [0.2, 0.25) is 0 Å². The van der Waals surface area contributed by atoms with E-state index in [1.54, 1.807) is 20.3 Å². The van der Waals surface area contributed by atoms with E-state index < -0.39 is 5.97 Å². The van der Waals surface area contributed by atoms with Crippen molar-refractivity contribution in [1.82, 2.24) is 10.2 Å². The number of ether oxygens (including phenoxy) is 5. The lowest BCUT2D eigenvalue weighted by atomic mass is 10.1. The van der Waals surface area contributed by atoms with Crippen LogP contribution >= 0.6 is 0 Å². The second kappa shape index (κ2) is 13.6. The van der Waals surface area contributed by atoms with Gasteiger partial charge in [-0.3, -0.25) is 5.10 Å². The van der Waals surface area contributed by atoms with Gasteiger partial charge >= 0.3 is 5.97 Å². The van der Waals surface area contributed by atoms with Crippen LogP contribution < -0.4 is 18.9 Å². The molecule has 37 heavy (non-hydrogen) atoms. The second-order valence-corrected chi connectivity index (χ2v) is 7.65. The van der Waals surface area contributed by atoms with Gasteiger partial charge in [0.05, 0.1) is 45.9 Å². The molecular formula is C29H32N2O6. The summed E-state index contributed by atoms with van der Waals surface area (Å²) in [6.45, 7) is 4.95. The average molecular weight is 505 g/mol. The van der Waals surface area contributed by atoms with Crippen LogP contribution in [0.3, 0.4) is 0 Å². The SMILES string of the molecule is CCOc1ccc(/C=C/c2n[nH]c(/C=C/c3ccc(OCC)c(OC)c3)c2/C=C/C(=O)OC)cc1OC. The van der Waals surface area contributed by atoms with Crippen molar-refractivity contribution in [1.29, 1.82) is 0 Å². The van der Waals surface area contributed by atoms with Gasteiger partial charge in [-0.1, -0.05) is 24.3 Å². The molecule has 1 aromatic heterocycles. The summed E-state index contributed by atoms with van der Waals surface area (Å²) in [6, 6.07) is 11.4. The number of hydrogen-bond donors (Lipinski definition) is 1. The Kier molecular flexibility index (Phi) is 9.96. The molecule has 0 aliphatic heterocycles. The molecule has 1 heterocycles. The predicted molar refractivity (Wildman–Crippen MR) is 146 cm³/mol. The summed E-state index contributed by atoms with van der Waals surface area (Å²) in [5, 5.41) is 7.48. The maximum absolute atomic E-state index is 11.8. The first-order valence-corrected chi connectivity index (χ1v) is 11.8. The van der Waals surface area contributed by atoms with E-state index in [1.165, 1.54) is 13.2 Å². The summed E-state index contributed by atoms with van der Waals surface area (Å²) >= 11 is 0. The lowest BCUT2D eigenvalue weighted by Crippen LogP contribution is -1.95. The van der Waals surface area contributed by atoms with E-state index in [0.29, 0.717) is 41.9 Å².